The number of fused-ring (bicyclic) bond motifs is 9. The average molecular weight is 595 g/mol. The van der Waals surface area contributed by atoms with Gasteiger partial charge in [0.1, 0.15) is 0 Å². The molecule has 5 aromatic carbocycles. The number of pyridine rings is 1. The standard InChI is InChI=1S/C40H26N4S/c1-40(2)29-17-9-6-14-24(29)27-20-32-35(28-21-41-22-30(40)34(27)28)25-15-7-10-18-31(25)44(32)39-42-36(23-12-4-3-5-13-23)38-37(43-39)26-16-8-11-19-33(26)45-38/h3-22H,1-2H3. The quantitative estimate of drug-likeness (QED) is 0.200. The predicted molar refractivity (Wildman–Crippen MR) is 188 cm³/mol. The normalized spacial score (nSPS) is 13.7. The summed E-state index contributed by atoms with van der Waals surface area (Å²) in [5, 5.41) is 5.98. The maximum Gasteiger partial charge on any atom is 0.235 e. The van der Waals surface area contributed by atoms with Crippen LogP contribution in [0.5, 0.6) is 0 Å². The van der Waals surface area contributed by atoms with Gasteiger partial charge in [0.25, 0.3) is 0 Å². The van der Waals surface area contributed by atoms with Crippen molar-refractivity contribution in [2.24, 2.45) is 0 Å². The van der Waals surface area contributed by atoms with Crippen molar-refractivity contribution >= 4 is 64.2 Å². The second kappa shape index (κ2) is 8.84. The van der Waals surface area contributed by atoms with Gasteiger partial charge in [0.2, 0.25) is 5.95 Å². The zero-order valence-corrected chi connectivity index (χ0v) is 25.6. The number of hydrogen-bond acceptors (Lipinski definition) is 4. The van der Waals surface area contributed by atoms with E-state index in [1.165, 1.54) is 48.5 Å². The van der Waals surface area contributed by atoms with Crippen LogP contribution >= 0.6 is 11.3 Å². The summed E-state index contributed by atoms with van der Waals surface area (Å²) < 4.78 is 4.59. The minimum Gasteiger partial charge on any atom is -0.278 e. The minimum absolute atomic E-state index is 0.166. The van der Waals surface area contributed by atoms with E-state index in [0.29, 0.717) is 5.95 Å². The van der Waals surface area contributed by atoms with Gasteiger partial charge in [0.15, 0.2) is 0 Å². The molecule has 0 spiro atoms. The Morgan fingerprint density at radius 1 is 0.622 bits per heavy atom. The van der Waals surface area contributed by atoms with E-state index in [2.05, 4.69) is 140 Å². The van der Waals surface area contributed by atoms with Gasteiger partial charge in [0, 0.05) is 49.6 Å². The van der Waals surface area contributed by atoms with Crippen LogP contribution in [-0.4, -0.2) is 19.5 Å². The summed E-state index contributed by atoms with van der Waals surface area (Å²) in [5.74, 6) is 0.677. The first-order valence-electron chi connectivity index (χ1n) is 15.3. The van der Waals surface area contributed by atoms with Crippen molar-refractivity contribution < 1.29 is 0 Å². The molecule has 10 rings (SSSR count). The van der Waals surface area contributed by atoms with Crippen LogP contribution < -0.4 is 0 Å². The van der Waals surface area contributed by atoms with Gasteiger partial charge in [-0.05, 0) is 45.8 Å². The van der Waals surface area contributed by atoms with E-state index >= 15 is 0 Å². The van der Waals surface area contributed by atoms with E-state index in [4.69, 9.17) is 15.0 Å². The Balaban J connectivity index is 1.40. The summed E-state index contributed by atoms with van der Waals surface area (Å²) in [6.07, 6.45) is 4.12. The summed E-state index contributed by atoms with van der Waals surface area (Å²) in [6.45, 7) is 4.64. The van der Waals surface area contributed by atoms with Crippen LogP contribution in [0.3, 0.4) is 0 Å². The Morgan fingerprint density at radius 2 is 1.38 bits per heavy atom. The Labute approximate surface area is 263 Å². The second-order valence-corrected chi connectivity index (χ2v) is 13.5. The van der Waals surface area contributed by atoms with E-state index in [0.717, 1.165) is 37.9 Å². The molecule has 0 N–H and O–H groups in total. The third kappa shape index (κ3) is 3.28. The summed E-state index contributed by atoms with van der Waals surface area (Å²) in [4.78, 5) is 15.6. The van der Waals surface area contributed by atoms with Crippen molar-refractivity contribution in [3.8, 4) is 28.3 Å². The van der Waals surface area contributed by atoms with Crippen LogP contribution in [0.1, 0.15) is 25.0 Å². The monoisotopic (exact) mass is 594 g/mol. The highest BCUT2D eigenvalue weighted by atomic mass is 32.1. The molecule has 4 nitrogen and oxygen atoms in total. The van der Waals surface area contributed by atoms with Crippen LogP contribution in [0, 0.1) is 0 Å². The molecule has 0 fully saturated rings. The molecule has 1 aliphatic carbocycles. The van der Waals surface area contributed by atoms with Crippen molar-refractivity contribution in [2.45, 2.75) is 19.3 Å². The fraction of sp³-hybridized carbons (Fsp3) is 0.0750. The van der Waals surface area contributed by atoms with Gasteiger partial charge in [-0.15, -0.1) is 11.3 Å². The summed E-state index contributed by atoms with van der Waals surface area (Å²) in [7, 11) is 0. The molecule has 0 atom stereocenters. The summed E-state index contributed by atoms with van der Waals surface area (Å²) in [6, 6.07) is 38.9. The molecule has 4 aromatic heterocycles. The number of para-hydroxylation sites is 1. The molecule has 0 saturated carbocycles. The van der Waals surface area contributed by atoms with Gasteiger partial charge in [-0.3, -0.25) is 9.55 Å². The SMILES string of the molecule is CC1(C)c2ccccc2-c2cc3c(c4cncc1c24)c1ccccc1n3-c1nc(-c2ccccc2)c2sc3ccccc3c2n1. The molecule has 0 aliphatic heterocycles. The Morgan fingerprint density at radius 3 is 2.27 bits per heavy atom. The van der Waals surface area contributed by atoms with Crippen molar-refractivity contribution in [2.75, 3.05) is 0 Å². The molecule has 0 amide bonds. The van der Waals surface area contributed by atoms with Gasteiger partial charge in [-0.2, -0.15) is 0 Å². The second-order valence-electron chi connectivity index (χ2n) is 12.5. The maximum absolute atomic E-state index is 5.39. The lowest BCUT2D eigenvalue weighted by Crippen LogP contribution is -2.23. The first-order valence-corrected chi connectivity index (χ1v) is 16.1. The molecular formula is C40H26N4S. The largest absolute Gasteiger partial charge is 0.278 e. The predicted octanol–water partition coefficient (Wildman–Crippen LogP) is 10.5. The Kier molecular flexibility index (Phi) is 4.91. The van der Waals surface area contributed by atoms with Gasteiger partial charge in [0.05, 0.1) is 26.9 Å². The van der Waals surface area contributed by atoms with Gasteiger partial charge in [-0.1, -0.05) is 105 Å². The Bertz CT molecular complexity index is 2680. The highest BCUT2D eigenvalue weighted by Crippen LogP contribution is 2.51. The first-order chi connectivity index (χ1) is 22.1. The maximum atomic E-state index is 5.39. The van der Waals surface area contributed by atoms with Crippen molar-refractivity contribution in [1.29, 1.82) is 0 Å². The highest BCUT2D eigenvalue weighted by molar-refractivity contribution is 7.26. The molecule has 0 unspecified atom stereocenters. The molecule has 4 heterocycles. The number of nitrogens with zero attached hydrogens (tertiary/aromatic N) is 4. The smallest absolute Gasteiger partial charge is 0.235 e. The first kappa shape index (κ1) is 25.0. The van der Waals surface area contributed by atoms with Crippen LogP contribution in [0.15, 0.2) is 122 Å². The van der Waals surface area contributed by atoms with Crippen LogP contribution in [0.2, 0.25) is 0 Å². The molecule has 1 aliphatic rings. The van der Waals surface area contributed by atoms with Crippen molar-refractivity contribution in [1.82, 2.24) is 19.5 Å². The lowest BCUT2D eigenvalue weighted by molar-refractivity contribution is 0.642. The van der Waals surface area contributed by atoms with E-state index < -0.39 is 0 Å². The number of benzene rings is 5. The zero-order valence-electron chi connectivity index (χ0n) is 24.7. The van der Waals surface area contributed by atoms with Crippen LogP contribution in [0.4, 0.5) is 0 Å². The van der Waals surface area contributed by atoms with E-state index in [1.54, 1.807) is 11.3 Å². The lowest BCUT2D eigenvalue weighted by atomic mass is 9.69. The van der Waals surface area contributed by atoms with Gasteiger partial charge < -0.3 is 0 Å². The minimum atomic E-state index is -0.166. The molecule has 9 aromatic rings. The molecule has 45 heavy (non-hydrogen) atoms. The number of thiophene rings is 1. The molecule has 212 valence electrons. The van der Waals surface area contributed by atoms with Gasteiger partial charge >= 0.3 is 0 Å². The molecule has 0 saturated heterocycles. The number of rotatable bonds is 2. The molecular weight excluding hydrogens is 569 g/mol. The summed E-state index contributed by atoms with van der Waals surface area (Å²) >= 11 is 1.76. The average Bonchev–Trinajstić information content (AvgIpc) is 3.63. The Hall–Kier alpha value is -5.39. The fourth-order valence-electron chi connectivity index (χ4n) is 7.61. The zero-order chi connectivity index (χ0) is 29.9. The molecule has 0 radical (unpaired) electrons. The van der Waals surface area contributed by atoms with Crippen molar-refractivity contribution in [3.05, 3.63) is 133 Å². The van der Waals surface area contributed by atoms with Crippen molar-refractivity contribution in [3.63, 3.8) is 0 Å². The molecule has 5 heteroatoms. The van der Waals surface area contributed by atoms with E-state index in [9.17, 15) is 0 Å². The topological polar surface area (TPSA) is 43.6 Å². The van der Waals surface area contributed by atoms with Crippen LogP contribution in [-0.2, 0) is 5.41 Å². The molecule has 0 bridgehead atoms. The van der Waals surface area contributed by atoms with E-state index in [1.807, 2.05) is 0 Å². The fourth-order valence-corrected chi connectivity index (χ4v) is 8.76. The summed E-state index contributed by atoms with van der Waals surface area (Å²) in [5.41, 5.74) is 10.1. The number of hydrogen-bond donors (Lipinski definition) is 0. The highest BCUT2D eigenvalue weighted by Gasteiger charge is 2.35. The van der Waals surface area contributed by atoms with Crippen LogP contribution in [0.25, 0.3) is 81.2 Å². The third-order valence-corrected chi connectivity index (χ3v) is 10.9. The van der Waals surface area contributed by atoms with E-state index in [-0.39, 0.29) is 5.41 Å². The lowest BCUT2D eigenvalue weighted by Gasteiger charge is -2.34. The van der Waals surface area contributed by atoms with Gasteiger partial charge in [-0.25, -0.2) is 9.97 Å². The number of aromatic nitrogens is 4. The third-order valence-electron chi connectivity index (χ3n) is 9.70.